The van der Waals surface area contributed by atoms with E-state index in [0.717, 1.165) is 41.2 Å². The first-order chi connectivity index (χ1) is 14.6. The van der Waals surface area contributed by atoms with E-state index in [1.807, 2.05) is 28.5 Å². The number of carbonyl (C=O) groups is 1. The third kappa shape index (κ3) is 4.19. The van der Waals surface area contributed by atoms with Crippen LogP contribution in [0, 0.1) is 6.92 Å². The van der Waals surface area contributed by atoms with E-state index < -0.39 is 0 Å². The second kappa shape index (κ2) is 8.88. The molecule has 1 saturated heterocycles. The van der Waals surface area contributed by atoms with Crippen LogP contribution in [0.15, 0.2) is 47.8 Å². The van der Waals surface area contributed by atoms with Crippen molar-refractivity contribution in [3.05, 3.63) is 64.7 Å². The van der Waals surface area contributed by atoms with Crippen molar-refractivity contribution in [3.63, 3.8) is 0 Å². The van der Waals surface area contributed by atoms with Gasteiger partial charge >= 0.3 is 0 Å². The van der Waals surface area contributed by atoms with E-state index in [-0.39, 0.29) is 11.9 Å². The minimum atomic E-state index is 0.0625. The molecular formula is C24H26N2O3S. The molecule has 156 valence electrons. The van der Waals surface area contributed by atoms with Gasteiger partial charge in [0.25, 0.3) is 0 Å². The van der Waals surface area contributed by atoms with Gasteiger partial charge in [-0.05, 0) is 37.5 Å². The molecule has 1 aliphatic rings. The molecule has 6 heteroatoms. The number of likely N-dealkylation sites (tertiary alicyclic amines) is 1. The van der Waals surface area contributed by atoms with E-state index in [2.05, 4.69) is 31.2 Å². The molecule has 1 fully saturated rings. The number of thiazole rings is 1. The average molecular weight is 423 g/mol. The molecule has 0 saturated carbocycles. The van der Waals surface area contributed by atoms with E-state index >= 15 is 0 Å². The summed E-state index contributed by atoms with van der Waals surface area (Å²) in [5.41, 5.74) is 4.23. The summed E-state index contributed by atoms with van der Waals surface area (Å²) in [7, 11) is 3.26. The number of hydrogen-bond acceptors (Lipinski definition) is 5. The zero-order valence-corrected chi connectivity index (χ0v) is 18.4. The summed E-state index contributed by atoms with van der Waals surface area (Å²) in [6.07, 6.45) is 2.27. The Morgan fingerprint density at radius 3 is 2.63 bits per heavy atom. The van der Waals surface area contributed by atoms with Crippen molar-refractivity contribution in [2.24, 2.45) is 0 Å². The molecule has 0 spiro atoms. The van der Waals surface area contributed by atoms with E-state index in [9.17, 15) is 4.79 Å². The van der Waals surface area contributed by atoms with E-state index in [1.54, 1.807) is 25.6 Å². The summed E-state index contributed by atoms with van der Waals surface area (Å²) >= 11 is 1.59. The van der Waals surface area contributed by atoms with Crippen molar-refractivity contribution in [3.8, 4) is 22.1 Å². The van der Waals surface area contributed by atoms with Gasteiger partial charge in [0.15, 0.2) is 11.5 Å². The number of hydrogen-bond donors (Lipinski definition) is 0. The lowest BCUT2D eigenvalue weighted by Gasteiger charge is -2.25. The molecule has 3 aromatic rings. The maximum Gasteiger partial charge on any atom is 0.229 e. The molecule has 2 aromatic carbocycles. The molecular weight excluding hydrogens is 396 g/mol. The lowest BCUT2D eigenvalue weighted by Crippen LogP contribution is -2.31. The number of aromatic nitrogens is 1. The molecule has 0 bridgehead atoms. The number of benzene rings is 2. The second-order valence-corrected chi connectivity index (χ2v) is 8.40. The van der Waals surface area contributed by atoms with Crippen molar-refractivity contribution in [1.29, 1.82) is 0 Å². The highest BCUT2D eigenvalue weighted by Gasteiger charge is 2.30. The lowest BCUT2D eigenvalue weighted by molar-refractivity contribution is -0.131. The first kappa shape index (κ1) is 20.4. The van der Waals surface area contributed by atoms with Crippen LogP contribution < -0.4 is 9.47 Å². The first-order valence-electron chi connectivity index (χ1n) is 10.1. The number of rotatable bonds is 6. The van der Waals surface area contributed by atoms with Gasteiger partial charge in [-0.1, -0.05) is 35.9 Å². The minimum Gasteiger partial charge on any atom is -0.493 e. The highest BCUT2D eigenvalue weighted by atomic mass is 32.1. The van der Waals surface area contributed by atoms with Gasteiger partial charge in [0.05, 0.1) is 32.4 Å². The maximum atomic E-state index is 13.1. The van der Waals surface area contributed by atoms with Gasteiger partial charge in [0, 0.05) is 17.5 Å². The predicted octanol–water partition coefficient (Wildman–Crippen LogP) is 5.04. The SMILES string of the molecule is COc1ccc(C2CCCN2C(=O)Cc2csc(-c3ccc(C)cc3)n2)cc1OC. The Labute approximate surface area is 181 Å². The molecule has 1 aliphatic heterocycles. The van der Waals surface area contributed by atoms with Gasteiger partial charge < -0.3 is 14.4 Å². The molecule has 0 aliphatic carbocycles. The Morgan fingerprint density at radius 1 is 1.13 bits per heavy atom. The summed E-state index contributed by atoms with van der Waals surface area (Å²) in [4.78, 5) is 19.8. The molecule has 4 rings (SSSR count). The zero-order valence-electron chi connectivity index (χ0n) is 17.6. The Hall–Kier alpha value is -2.86. The van der Waals surface area contributed by atoms with E-state index in [4.69, 9.17) is 14.5 Å². The van der Waals surface area contributed by atoms with Crippen LogP contribution in [0.3, 0.4) is 0 Å². The Bertz CT molecular complexity index is 1030. The third-order valence-electron chi connectivity index (χ3n) is 5.55. The second-order valence-electron chi connectivity index (χ2n) is 7.55. The van der Waals surface area contributed by atoms with Crippen LogP contribution in [0.4, 0.5) is 0 Å². The van der Waals surface area contributed by atoms with Crippen LogP contribution in [-0.2, 0) is 11.2 Å². The number of ether oxygens (including phenoxy) is 2. The maximum absolute atomic E-state index is 13.1. The van der Waals surface area contributed by atoms with Crippen molar-refractivity contribution < 1.29 is 14.3 Å². The molecule has 1 unspecified atom stereocenters. The fourth-order valence-electron chi connectivity index (χ4n) is 3.95. The average Bonchev–Trinajstić information content (AvgIpc) is 3.43. The summed E-state index contributed by atoms with van der Waals surface area (Å²) in [5, 5.41) is 2.95. The fourth-order valence-corrected chi connectivity index (χ4v) is 4.77. The van der Waals surface area contributed by atoms with E-state index in [1.165, 1.54) is 5.56 Å². The molecule has 5 nitrogen and oxygen atoms in total. The van der Waals surface area contributed by atoms with Crippen LogP contribution in [0.1, 0.15) is 35.7 Å². The normalized spacial score (nSPS) is 16.0. The molecule has 0 N–H and O–H groups in total. The summed E-state index contributed by atoms with van der Waals surface area (Å²) < 4.78 is 10.8. The zero-order chi connectivity index (χ0) is 21.1. The number of methoxy groups -OCH3 is 2. The van der Waals surface area contributed by atoms with Gasteiger partial charge in [-0.3, -0.25) is 4.79 Å². The third-order valence-corrected chi connectivity index (χ3v) is 6.49. The van der Waals surface area contributed by atoms with Crippen LogP contribution >= 0.6 is 11.3 Å². The van der Waals surface area contributed by atoms with Crippen LogP contribution in [-0.4, -0.2) is 36.6 Å². The Balaban J connectivity index is 1.49. The van der Waals surface area contributed by atoms with Crippen molar-refractivity contribution in [2.75, 3.05) is 20.8 Å². The van der Waals surface area contributed by atoms with Crippen molar-refractivity contribution in [2.45, 2.75) is 32.2 Å². The molecule has 0 radical (unpaired) electrons. The van der Waals surface area contributed by atoms with Gasteiger partial charge in [0.2, 0.25) is 5.91 Å². The van der Waals surface area contributed by atoms with E-state index in [0.29, 0.717) is 17.9 Å². The smallest absolute Gasteiger partial charge is 0.229 e. The van der Waals surface area contributed by atoms with Gasteiger partial charge in [0.1, 0.15) is 5.01 Å². The number of amides is 1. The minimum absolute atomic E-state index is 0.0625. The topological polar surface area (TPSA) is 51.7 Å². The van der Waals surface area contributed by atoms with Gasteiger partial charge in [-0.2, -0.15) is 0 Å². The van der Waals surface area contributed by atoms with Crippen LogP contribution in [0.2, 0.25) is 0 Å². The first-order valence-corrected chi connectivity index (χ1v) is 11.0. The molecule has 1 amide bonds. The number of aryl methyl sites for hydroxylation is 1. The predicted molar refractivity (Wildman–Crippen MR) is 119 cm³/mol. The highest BCUT2D eigenvalue weighted by Crippen LogP contribution is 2.37. The Morgan fingerprint density at radius 2 is 1.90 bits per heavy atom. The van der Waals surface area contributed by atoms with Gasteiger partial charge in [-0.15, -0.1) is 11.3 Å². The largest absolute Gasteiger partial charge is 0.493 e. The molecule has 2 heterocycles. The molecule has 1 atom stereocenters. The molecule has 30 heavy (non-hydrogen) atoms. The van der Waals surface area contributed by atoms with Crippen molar-refractivity contribution in [1.82, 2.24) is 9.88 Å². The summed E-state index contributed by atoms with van der Waals surface area (Å²) in [6.45, 7) is 2.84. The number of carbonyl (C=O) groups excluding carboxylic acids is 1. The number of nitrogens with zero attached hydrogens (tertiary/aromatic N) is 2. The monoisotopic (exact) mass is 422 g/mol. The summed E-state index contributed by atoms with van der Waals surface area (Å²) in [5.74, 6) is 1.51. The quantitative estimate of drug-likeness (QED) is 0.558. The Kier molecular flexibility index (Phi) is 6.04. The van der Waals surface area contributed by atoms with Crippen LogP contribution in [0.5, 0.6) is 11.5 Å². The fraction of sp³-hybridized carbons (Fsp3) is 0.333. The lowest BCUT2D eigenvalue weighted by atomic mass is 10.0. The summed E-state index contributed by atoms with van der Waals surface area (Å²) in [6, 6.07) is 14.3. The van der Waals surface area contributed by atoms with Crippen LogP contribution in [0.25, 0.3) is 10.6 Å². The van der Waals surface area contributed by atoms with Crippen molar-refractivity contribution >= 4 is 17.2 Å². The van der Waals surface area contributed by atoms with Gasteiger partial charge in [-0.25, -0.2) is 4.98 Å². The highest BCUT2D eigenvalue weighted by molar-refractivity contribution is 7.13. The standard InChI is InChI=1S/C24H26N2O3S/c1-16-6-8-17(9-7-16)24-25-19(15-30-24)14-23(27)26-12-4-5-20(26)18-10-11-21(28-2)22(13-18)29-3/h6-11,13,15,20H,4-5,12,14H2,1-3H3. The molecule has 1 aromatic heterocycles.